The number of halogens is 1. The van der Waals surface area contributed by atoms with Crippen molar-refractivity contribution in [2.75, 3.05) is 0 Å². The van der Waals surface area contributed by atoms with Gasteiger partial charge in [0.25, 0.3) is 0 Å². The fraction of sp³-hybridized carbons (Fsp3) is 0. The zero-order valence-electron chi connectivity index (χ0n) is 31.7. The highest BCUT2D eigenvalue weighted by Crippen LogP contribution is 2.39. The molecule has 0 saturated carbocycles. The number of fused-ring (bicyclic) bond motifs is 9. The Morgan fingerprint density at radius 3 is 1.64 bits per heavy atom. The summed E-state index contributed by atoms with van der Waals surface area (Å²) < 4.78 is 18.7. The molecule has 0 amide bonds. The highest BCUT2D eigenvalue weighted by molar-refractivity contribution is 6.13. The van der Waals surface area contributed by atoms with Crippen molar-refractivity contribution in [2.45, 2.75) is 0 Å². The molecule has 5 heteroatoms. The van der Waals surface area contributed by atoms with Crippen LogP contribution < -0.4 is 0 Å². The molecule has 3 heterocycles. The summed E-state index contributed by atoms with van der Waals surface area (Å²) in [6.07, 6.45) is 0. The normalized spacial score (nSPS) is 11.8. The lowest BCUT2D eigenvalue weighted by Crippen LogP contribution is -2.04. The van der Waals surface area contributed by atoms with Gasteiger partial charge in [-0.2, -0.15) is 0 Å². The molecule has 0 spiro atoms. The Bertz CT molecular complexity index is 3620. The van der Waals surface area contributed by atoms with E-state index in [1.807, 2.05) is 30.3 Å². The first kappa shape index (κ1) is 33.3. The minimum atomic E-state index is -0.235. The van der Waals surface area contributed by atoms with Crippen molar-refractivity contribution < 1.29 is 4.39 Å². The Kier molecular flexibility index (Phi) is 7.38. The van der Waals surface area contributed by atoms with Crippen molar-refractivity contribution in [1.82, 2.24) is 19.1 Å². The van der Waals surface area contributed by atoms with Crippen LogP contribution >= 0.6 is 0 Å². The maximum atomic E-state index is 14.1. The van der Waals surface area contributed by atoms with Crippen LogP contribution in [0.2, 0.25) is 0 Å². The Balaban J connectivity index is 1.06. The SMILES string of the molecule is Fc1ccc2c(ccc3cc(-c4cc(-c5ccccc5)nc(-n5c6ccccc6c6ccc(-c7ccc8c(c7)c7ccccc7n8-c7ccccc7)cc65)n4)ccc32)c1. The van der Waals surface area contributed by atoms with Crippen LogP contribution in [-0.4, -0.2) is 19.1 Å². The van der Waals surface area contributed by atoms with E-state index in [1.165, 1.54) is 27.9 Å². The molecule has 0 saturated heterocycles. The number of nitrogens with zero attached hydrogens (tertiary/aromatic N) is 4. The molecule has 12 rings (SSSR count). The van der Waals surface area contributed by atoms with Crippen molar-refractivity contribution in [3.8, 4) is 45.3 Å². The van der Waals surface area contributed by atoms with E-state index in [-0.39, 0.29) is 5.82 Å². The fourth-order valence-electron chi connectivity index (χ4n) is 9.01. The van der Waals surface area contributed by atoms with Gasteiger partial charge in [-0.15, -0.1) is 0 Å². The summed E-state index contributed by atoms with van der Waals surface area (Å²) in [7, 11) is 0. The van der Waals surface area contributed by atoms with E-state index in [0.717, 1.165) is 82.7 Å². The molecule has 0 aliphatic rings. The molecule has 0 aliphatic heterocycles. The second-order valence-electron chi connectivity index (χ2n) is 15.2. The first-order valence-electron chi connectivity index (χ1n) is 19.8. The van der Waals surface area contributed by atoms with E-state index in [4.69, 9.17) is 9.97 Å². The molecule has 0 bridgehead atoms. The second kappa shape index (κ2) is 13.1. The average molecular weight is 757 g/mol. The molecule has 59 heavy (non-hydrogen) atoms. The molecule has 0 atom stereocenters. The summed E-state index contributed by atoms with van der Waals surface area (Å²) >= 11 is 0. The minimum absolute atomic E-state index is 0.235. The average Bonchev–Trinajstić information content (AvgIpc) is 3.81. The maximum Gasteiger partial charge on any atom is 0.235 e. The van der Waals surface area contributed by atoms with Crippen LogP contribution in [0.15, 0.2) is 200 Å². The maximum absolute atomic E-state index is 14.1. The molecule has 0 fully saturated rings. The van der Waals surface area contributed by atoms with Gasteiger partial charge >= 0.3 is 0 Å². The van der Waals surface area contributed by atoms with E-state index in [1.54, 1.807) is 6.07 Å². The van der Waals surface area contributed by atoms with Crippen LogP contribution in [0.3, 0.4) is 0 Å². The number of benzene rings is 9. The summed E-state index contributed by atoms with van der Waals surface area (Å²) in [5.41, 5.74) is 11.5. The van der Waals surface area contributed by atoms with E-state index in [2.05, 4.69) is 167 Å². The van der Waals surface area contributed by atoms with Crippen LogP contribution in [0.1, 0.15) is 0 Å². The van der Waals surface area contributed by atoms with Crippen LogP contribution in [0.4, 0.5) is 4.39 Å². The monoisotopic (exact) mass is 756 g/mol. The lowest BCUT2D eigenvalue weighted by atomic mass is 9.98. The van der Waals surface area contributed by atoms with Gasteiger partial charge in [0.15, 0.2) is 0 Å². The largest absolute Gasteiger partial charge is 0.309 e. The van der Waals surface area contributed by atoms with E-state index < -0.39 is 0 Å². The number of rotatable bonds is 5. The lowest BCUT2D eigenvalue weighted by molar-refractivity contribution is 0.630. The van der Waals surface area contributed by atoms with Crippen LogP contribution in [0.5, 0.6) is 0 Å². The van der Waals surface area contributed by atoms with Gasteiger partial charge < -0.3 is 4.57 Å². The van der Waals surface area contributed by atoms with Gasteiger partial charge in [-0.05, 0) is 99.4 Å². The predicted molar refractivity (Wildman–Crippen MR) is 242 cm³/mol. The quantitative estimate of drug-likeness (QED) is 0.164. The van der Waals surface area contributed by atoms with E-state index in [9.17, 15) is 4.39 Å². The smallest absolute Gasteiger partial charge is 0.235 e. The first-order chi connectivity index (χ1) is 29.1. The second-order valence-corrected chi connectivity index (χ2v) is 15.2. The van der Waals surface area contributed by atoms with Gasteiger partial charge in [0.2, 0.25) is 5.95 Å². The summed E-state index contributed by atoms with van der Waals surface area (Å²) in [4.78, 5) is 10.7. The molecular formula is C54H33FN4. The number of para-hydroxylation sites is 3. The van der Waals surface area contributed by atoms with Gasteiger partial charge in [-0.3, -0.25) is 4.57 Å². The summed E-state index contributed by atoms with van der Waals surface area (Å²) in [5.74, 6) is 0.362. The van der Waals surface area contributed by atoms with Crippen molar-refractivity contribution in [1.29, 1.82) is 0 Å². The third-order valence-electron chi connectivity index (χ3n) is 11.8. The topological polar surface area (TPSA) is 35.6 Å². The Labute approximate surface area is 338 Å². The molecule has 3 aromatic heterocycles. The Hall–Kier alpha value is -7.89. The summed E-state index contributed by atoms with van der Waals surface area (Å²) in [6.45, 7) is 0. The van der Waals surface area contributed by atoms with Gasteiger partial charge in [0, 0.05) is 38.4 Å². The van der Waals surface area contributed by atoms with Crippen LogP contribution in [0, 0.1) is 5.82 Å². The Morgan fingerprint density at radius 1 is 0.322 bits per heavy atom. The molecule has 0 radical (unpaired) electrons. The minimum Gasteiger partial charge on any atom is -0.309 e. The number of hydrogen-bond donors (Lipinski definition) is 0. The van der Waals surface area contributed by atoms with Gasteiger partial charge in [-0.1, -0.05) is 133 Å². The third-order valence-corrected chi connectivity index (χ3v) is 11.8. The standard InChI is InChI=1S/C54H33FN4/c55-40-24-27-43-38(30-40)20-19-37-29-39(22-25-42(37)43)49-33-48(34-11-3-1-4-12-34)56-54(57-49)59-51-18-10-7-15-44(51)46-26-21-36(32-53(46)59)35-23-28-52-47(31-35)45-16-8-9-17-50(45)58(52)41-13-5-2-6-14-41/h1-33H. The predicted octanol–water partition coefficient (Wildman–Crippen LogP) is 14.1. The van der Waals surface area contributed by atoms with Crippen LogP contribution in [-0.2, 0) is 0 Å². The molecule has 0 N–H and O–H groups in total. The van der Waals surface area contributed by atoms with E-state index in [0.29, 0.717) is 5.95 Å². The highest BCUT2D eigenvalue weighted by Gasteiger charge is 2.19. The molecule has 0 aliphatic carbocycles. The van der Waals surface area contributed by atoms with Crippen LogP contribution in [0.25, 0.3) is 110 Å². The molecule has 9 aromatic carbocycles. The molecule has 12 aromatic rings. The Morgan fingerprint density at radius 2 is 0.864 bits per heavy atom. The zero-order valence-corrected chi connectivity index (χ0v) is 31.7. The molecule has 276 valence electrons. The fourth-order valence-corrected chi connectivity index (χ4v) is 9.01. The molecular weight excluding hydrogens is 724 g/mol. The van der Waals surface area contributed by atoms with Gasteiger partial charge in [0.05, 0.1) is 33.5 Å². The number of aromatic nitrogens is 4. The molecule has 0 unspecified atom stereocenters. The summed E-state index contributed by atoms with van der Waals surface area (Å²) in [6, 6.07) is 69.1. The zero-order chi connectivity index (χ0) is 39.0. The molecule has 4 nitrogen and oxygen atoms in total. The third kappa shape index (κ3) is 5.36. The van der Waals surface area contributed by atoms with Crippen molar-refractivity contribution in [2.24, 2.45) is 0 Å². The van der Waals surface area contributed by atoms with Crippen molar-refractivity contribution in [3.63, 3.8) is 0 Å². The van der Waals surface area contributed by atoms with Crippen molar-refractivity contribution in [3.05, 3.63) is 206 Å². The highest BCUT2D eigenvalue weighted by atomic mass is 19.1. The summed E-state index contributed by atoms with van der Waals surface area (Å²) in [5, 5.41) is 8.74. The number of hydrogen-bond acceptors (Lipinski definition) is 2. The van der Waals surface area contributed by atoms with Gasteiger partial charge in [0.1, 0.15) is 5.82 Å². The van der Waals surface area contributed by atoms with E-state index >= 15 is 0 Å². The lowest BCUT2D eigenvalue weighted by Gasteiger charge is -2.13. The van der Waals surface area contributed by atoms with Crippen molar-refractivity contribution >= 4 is 65.2 Å². The first-order valence-corrected chi connectivity index (χ1v) is 19.8. The van der Waals surface area contributed by atoms with Gasteiger partial charge in [-0.25, -0.2) is 14.4 Å².